The maximum atomic E-state index is 13.7. The lowest BCUT2D eigenvalue weighted by molar-refractivity contribution is 0.508. The molecule has 2 heterocycles. The largest absolute Gasteiger partial charge is 0.334 e. The van der Waals surface area contributed by atoms with Gasteiger partial charge in [-0.3, -0.25) is 5.41 Å². The Morgan fingerprint density at radius 2 is 1.82 bits per heavy atom. The van der Waals surface area contributed by atoms with Crippen molar-refractivity contribution in [1.29, 1.82) is 5.41 Å². The fraction of sp³-hybridized carbons (Fsp3) is 0.105. The topological polar surface area (TPSA) is 70.3 Å². The van der Waals surface area contributed by atoms with E-state index in [9.17, 15) is 8.78 Å². The van der Waals surface area contributed by atoms with Crippen LogP contribution in [0, 0.1) is 24.0 Å². The van der Waals surface area contributed by atoms with E-state index in [0.29, 0.717) is 43.7 Å². The standard InChI is InChI=1S/C19H13Cl2F2N5/c1-9-5-14(22)15(23)6-10(9)18-26-16-17(24)25-8-28(19(16)27-18)7-11-12(20)3-2-4-13(11)21/h2-6,8,24H,7H2,1H3,(H,26,27). The number of halogens is 4. The Kier molecular flexibility index (Phi) is 4.64. The molecule has 4 aromatic rings. The molecule has 2 N–H and O–H groups in total. The number of aromatic amines is 1. The van der Waals surface area contributed by atoms with Gasteiger partial charge in [-0.2, -0.15) is 0 Å². The van der Waals surface area contributed by atoms with Gasteiger partial charge in [0.25, 0.3) is 0 Å². The third kappa shape index (κ3) is 3.16. The number of imidazole rings is 1. The fourth-order valence-corrected chi connectivity index (χ4v) is 3.50. The molecule has 142 valence electrons. The van der Waals surface area contributed by atoms with Crippen LogP contribution in [0.3, 0.4) is 0 Å². The summed E-state index contributed by atoms with van der Waals surface area (Å²) in [5, 5.41) is 9.04. The minimum atomic E-state index is -0.971. The average molecular weight is 420 g/mol. The van der Waals surface area contributed by atoms with Crippen molar-refractivity contribution in [2.24, 2.45) is 0 Å². The first kappa shape index (κ1) is 18.6. The molecule has 0 aliphatic carbocycles. The molecule has 4 rings (SSSR count). The molecule has 0 bridgehead atoms. The number of fused-ring (bicyclic) bond motifs is 1. The van der Waals surface area contributed by atoms with E-state index in [1.165, 1.54) is 6.33 Å². The van der Waals surface area contributed by atoms with E-state index in [1.807, 2.05) is 0 Å². The highest BCUT2D eigenvalue weighted by Gasteiger charge is 2.16. The Morgan fingerprint density at radius 1 is 1.14 bits per heavy atom. The van der Waals surface area contributed by atoms with Crippen LogP contribution in [0.25, 0.3) is 22.6 Å². The maximum absolute atomic E-state index is 13.7. The molecule has 5 nitrogen and oxygen atoms in total. The van der Waals surface area contributed by atoms with Crippen molar-refractivity contribution < 1.29 is 8.78 Å². The first-order valence-corrected chi connectivity index (χ1v) is 8.99. The van der Waals surface area contributed by atoms with Crippen molar-refractivity contribution in [2.75, 3.05) is 0 Å². The number of rotatable bonds is 3. The number of benzene rings is 2. The quantitative estimate of drug-likeness (QED) is 0.498. The van der Waals surface area contributed by atoms with Crippen LogP contribution in [0.2, 0.25) is 10.0 Å². The van der Waals surface area contributed by atoms with Crippen LogP contribution < -0.4 is 5.49 Å². The van der Waals surface area contributed by atoms with E-state index in [4.69, 9.17) is 28.6 Å². The van der Waals surface area contributed by atoms with Crippen molar-refractivity contribution >= 4 is 34.4 Å². The Balaban J connectivity index is 1.89. The van der Waals surface area contributed by atoms with Crippen molar-refractivity contribution in [3.8, 4) is 11.4 Å². The molecule has 0 aliphatic heterocycles. The highest BCUT2D eigenvalue weighted by molar-refractivity contribution is 6.36. The monoisotopic (exact) mass is 419 g/mol. The van der Waals surface area contributed by atoms with E-state index in [2.05, 4.69) is 15.0 Å². The van der Waals surface area contributed by atoms with E-state index in [-0.39, 0.29) is 12.0 Å². The zero-order chi connectivity index (χ0) is 20.0. The maximum Gasteiger partial charge on any atom is 0.173 e. The summed E-state index contributed by atoms with van der Waals surface area (Å²) in [6, 6.07) is 7.39. The predicted octanol–water partition coefficient (Wildman–Crippen LogP) is 4.85. The summed E-state index contributed by atoms with van der Waals surface area (Å²) >= 11 is 12.5. The van der Waals surface area contributed by atoms with Crippen LogP contribution in [0.5, 0.6) is 0 Å². The number of hydrogen-bond acceptors (Lipinski definition) is 3. The van der Waals surface area contributed by atoms with Crippen LogP contribution in [0.15, 0.2) is 36.7 Å². The van der Waals surface area contributed by atoms with Gasteiger partial charge in [-0.15, -0.1) is 0 Å². The van der Waals surface area contributed by atoms with Crippen molar-refractivity contribution in [3.05, 3.63) is 75.0 Å². The molecule has 2 aromatic carbocycles. The number of H-pyrrole nitrogens is 1. The lowest BCUT2D eigenvalue weighted by atomic mass is 10.1. The summed E-state index contributed by atoms with van der Waals surface area (Å²) in [6.07, 6.45) is 1.47. The zero-order valence-corrected chi connectivity index (χ0v) is 16.0. The van der Waals surface area contributed by atoms with Crippen LogP contribution in [-0.4, -0.2) is 19.5 Å². The SMILES string of the molecule is Cc1cc(F)c(F)cc1-c1nc2c([nH]1)c(=N)ncn2Cc1c(Cl)cccc1Cl. The summed E-state index contributed by atoms with van der Waals surface area (Å²) in [4.78, 5) is 11.6. The molecule has 28 heavy (non-hydrogen) atoms. The van der Waals surface area contributed by atoms with Crippen molar-refractivity contribution in [1.82, 2.24) is 19.5 Å². The molecule has 0 saturated heterocycles. The first-order chi connectivity index (χ1) is 13.3. The third-order valence-corrected chi connectivity index (χ3v) is 5.14. The highest BCUT2D eigenvalue weighted by Crippen LogP contribution is 2.27. The molecule has 0 atom stereocenters. The van der Waals surface area contributed by atoms with Crippen LogP contribution in [0.1, 0.15) is 11.1 Å². The molecule has 0 aliphatic rings. The van der Waals surface area contributed by atoms with Gasteiger partial charge in [0.05, 0.1) is 12.9 Å². The number of nitrogens with one attached hydrogen (secondary N) is 2. The smallest absolute Gasteiger partial charge is 0.173 e. The fourth-order valence-electron chi connectivity index (χ4n) is 2.98. The molecule has 0 amide bonds. The van der Waals surface area contributed by atoms with Gasteiger partial charge < -0.3 is 9.55 Å². The molecule has 0 fully saturated rings. The minimum Gasteiger partial charge on any atom is -0.334 e. The van der Waals surface area contributed by atoms with E-state index >= 15 is 0 Å². The molecule has 0 spiro atoms. The lowest BCUT2D eigenvalue weighted by Gasteiger charge is -2.10. The Labute approximate surface area is 168 Å². The van der Waals surface area contributed by atoms with Gasteiger partial charge in [-0.25, -0.2) is 18.7 Å². The summed E-state index contributed by atoms with van der Waals surface area (Å²) < 4.78 is 28.9. The number of nitrogens with zero attached hydrogens (tertiary/aromatic N) is 3. The molecule has 0 unspecified atom stereocenters. The van der Waals surface area contributed by atoms with Crippen LogP contribution >= 0.6 is 23.2 Å². The Hall–Kier alpha value is -2.77. The number of aryl methyl sites for hydroxylation is 1. The summed E-state index contributed by atoms with van der Waals surface area (Å²) in [6.45, 7) is 1.94. The lowest BCUT2D eigenvalue weighted by Crippen LogP contribution is -2.13. The van der Waals surface area contributed by atoms with Crippen LogP contribution in [-0.2, 0) is 6.54 Å². The molecular weight excluding hydrogens is 407 g/mol. The summed E-state index contributed by atoms with van der Waals surface area (Å²) in [5.74, 6) is -1.59. The van der Waals surface area contributed by atoms with E-state index in [1.54, 1.807) is 29.7 Å². The van der Waals surface area contributed by atoms with E-state index in [0.717, 1.165) is 12.1 Å². The van der Waals surface area contributed by atoms with Crippen LogP contribution in [0.4, 0.5) is 8.78 Å². The van der Waals surface area contributed by atoms with Gasteiger partial charge in [-0.1, -0.05) is 29.3 Å². The predicted molar refractivity (Wildman–Crippen MR) is 103 cm³/mol. The van der Waals surface area contributed by atoms with Gasteiger partial charge in [0, 0.05) is 21.2 Å². The van der Waals surface area contributed by atoms with E-state index < -0.39 is 11.6 Å². The number of aromatic nitrogens is 4. The van der Waals surface area contributed by atoms with Crippen molar-refractivity contribution in [2.45, 2.75) is 13.5 Å². The average Bonchev–Trinajstić information content (AvgIpc) is 3.09. The minimum absolute atomic E-state index is 0.0181. The second-order valence-electron chi connectivity index (χ2n) is 6.29. The Bertz CT molecular complexity index is 1260. The van der Waals surface area contributed by atoms with Gasteiger partial charge in [0.1, 0.15) is 11.3 Å². The highest BCUT2D eigenvalue weighted by atomic mass is 35.5. The molecule has 0 saturated carbocycles. The van der Waals surface area contributed by atoms with Gasteiger partial charge >= 0.3 is 0 Å². The molecule has 2 aromatic heterocycles. The second kappa shape index (κ2) is 7.00. The van der Waals surface area contributed by atoms with Gasteiger partial charge in [0.2, 0.25) is 0 Å². The summed E-state index contributed by atoms with van der Waals surface area (Å²) in [7, 11) is 0. The molecule has 0 radical (unpaired) electrons. The first-order valence-electron chi connectivity index (χ1n) is 8.24. The normalized spacial score (nSPS) is 11.3. The zero-order valence-electron chi connectivity index (χ0n) is 14.5. The number of hydrogen-bond donors (Lipinski definition) is 2. The molecule has 9 heteroatoms. The van der Waals surface area contributed by atoms with Crippen molar-refractivity contribution in [3.63, 3.8) is 0 Å². The Morgan fingerprint density at radius 3 is 2.54 bits per heavy atom. The van der Waals surface area contributed by atoms with Gasteiger partial charge in [0.15, 0.2) is 22.8 Å². The third-order valence-electron chi connectivity index (χ3n) is 4.43. The van der Waals surface area contributed by atoms with Gasteiger partial charge in [-0.05, 0) is 36.8 Å². The summed E-state index contributed by atoms with van der Waals surface area (Å²) in [5.41, 5.74) is 2.37. The molecular formula is C19H13Cl2F2N5. The second-order valence-corrected chi connectivity index (χ2v) is 7.10.